The third-order valence-corrected chi connectivity index (χ3v) is 4.71. The highest BCUT2D eigenvalue weighted by Gasteiger charge is 2.23. The quantitative estimate of drug-likeness (QED) is 0.750. The van der Waals surface area contributed by atoms with Gasteiger partial charge < -0.3 is 15.3 Å². The van der Waals surface area contributed by atoms with Crippen LogP contribution < -0.4 is 5.32 Å². The molecule has 4 rings (SSSR count). The molecule has 0 bridgehead atoms. The summed E-state index contributed by atoms with van der Waals surface area (Å²) in [4.78, 5) is 21.5. The summed E-state index contributed by atoms with van der Waals surface area (Å²) in [6, 6.07) is 11.6. The number of anilines is 2. The van der Waals surface area contributed by atoms with E-state index in [9.17, 15) is 4.79 Å². The standard InChI is InChI=1S/C18H20N6O2/c25-18(26)23-10-7-13(8-11-23)12-16-19-9-6-15-21-17(22-24(15)16)20-14-4-2-1-3-5-14/h1-6,9,13H,7-8,10-12H2,(H,20,22)(H,25,26). The first-order valence-electron chi connectivity index (χ1n) is 8.69. The molecule has 2 aromatic heterocycles. The van der Waals surface area contributed by atoms with Gasteiger partial charge in [-0.2, -0.15) is 9.50 Å². The van der Waals surface area contributed by atoms with Gasteiger partial charge in [0.2, 0.25) is 5.95 Å². The van der Waals surface area contributed by atoms with Crippen LogP contribution >= 0.6 is 0 Å². The van der Waals surface area contributed by atoms with Gasteiger partial charge in [0.05, 0.1) is 0 Å². The highest BCUT2D eigenvalue weighted by atomic mass is 16.4. The van der Waals surface area contributed by atoms with E-state index >= 15 is 0 Å². The van der Waals surface area contributed by atoms with Crippen LogP contribution in [0.2, 0.25) is 0 Å². The van der Waals surface area contributed by atoms with E-state index in [0.29, 0.717) is 25.0 Å². The highest BCUT2D eigenvalue weighted by molar-refractivity contribution is 5.65. The Morgan fingerprint density at radius 3 is 2.69 bits per heavy atom. The molecule has 8 nitrogen and oxygen atoms in total. The summed E-state index contributed by atoms with van der Waals surface area (Å²) in [5.74, 6) is 1.79. The van der Waals surface area contributed by atoms with Gasteiger partial charge in [0.25, 0.3) is 0 Å². The van der Waals surface area contributed by atoms with E-state index in [2.05, 4.69) is 20.4 Å². The second-order valence-corrected chi connectivity index (χ2v) is 6.47. The average Bonchev–Trinajstić information content (AvgIpc) is 3.06. The second-order valence-electron chi connectivity index (χ2n) is 6.47. The molecule has 1 fully saturated rings. The lowest BCUT2D eigenvalue weighted by molar-refractivity contribution is 0.124. The van der Waals surface area contributed by atoms with Gasteiger partial charge in [0.15, 0.2) is 5.65 Å². The Morgan fingerprint density at radius 2 is 1.96 bits per heavy atom. The number of nitrogens with one attached hydrogen (secondary N) is 1. The van der Waals surface area contributed by atoms with Crippen LogP contribution in [0.25, 0.3) is 5.65 Å². The van der Waals surface area contributed by atoms with E-state index in [1.165, 1.54) is 4.90 Å². The Morgan fingerprint density at radius 1 is 1.19 bits per heavy atom. The zero-order valence-electron chi connectivity index (χ0n) is 14.2. The van der Waals surface area contributed by atoms with E-state index in [0.717, 1.165) is 36.4 Å². The molecule has 0 atom stereocenters. The zero-order chi connectivity index (χ0) is 17.9. The number of aromatic nitrogens is 4. The van der Waals surface area contributed by atoms with Crippen molar-refractivity contribution in [3.63, 3.8) is 0 Å². The van der Waals surface area contributed by atoms with Crippen LogP contribution in [-0.4, -0.2) is 48.8 Å². The maximum atomic E-state index is 11.0. The number of likely N-dealkylation sites (tertiary alicyclic amines) is 1. The number of carboxylic acid groups (broad SMARTS) is 1. The number of nitrogens with zero attached hydrogens (tertiary/aromatic N) is 5. The summed E-state index contributed by atoms with van der Waals surface area (Å²) < 4.78 is 1.77. The fourth-order valence-corrected chi connectivity index (χ4v) is 3.30. The lowest BCUT2D eigenvalue weighted by atomic mass is 9.93. The molecule has 134 valence electrons. The van der Waals surface area contributed by atoms with Gasteiger partial charge in [-0.3, -0.25) is 0 Å². The molecule has 0 aliphatic carbocycles. The summed E-state index contributed by atoms with van der Waals surface area (Å²) in [6.45, 7) is 1.16. The molecule has 26 heavy (non-hydrogen) atoms. The van der Waals surface area contributed by atoms with E-state index < -0.39 is 6.09 Å². The van der Waals surface area contributed by atoms with Crippen molar-refractivity contribution in [2.75, 3.05) is 18.4 Å². The molecule has 1 aliphatic rings. The van der Waals surface area contributed by atoms with Crippen molar-refractivity contribution in [1.82, 2.24) is 24.5 Å². The number of hydrogen-bond donors (Lipinski definition) is 2. The number of carbonyl (C=O) groups is 1. The summed E-state index contributed by atoms with van der Waals surface area (Å²) in [5.41, 5.74) is 1.68. The SMILES string of the molecule is O=C(O)N1CCC(Cc2nccc3nc(Nc4ccccc4)nn23)CC1. The number of para-hydroxylation sites is 1. The van der Waals surface area contributed by atoms with E-state index in [1.54, 1.807) is 10.7 Å². The Hall–Kier alpha value is -3.16. The molecule has 3 heterocycles. The first kappa shape index (κ1) is 16.3. The smallest absolute Gasteiger partial charge is 0.407 e. The molecule has 2 N–H and O–H groups in total. The minimum Gasteiger partial charge on any atom is -0.465 e. The number of benzene rings is 1. The van der Waals surface area contributed by atoms with Crippen LogP contribution in [0.5, 0.6) is 0 Å². The van der Waals surface area contributed by atoms with Crippen molar-refractivity contribution in [3.8, 4) is 0 Å². The van der Waals surface area contributed by atoms with Crippen molar-refractivity contribution in [2.24, 2.45) is 5.92 Å². The number of hydrogen-bond acceptors (Lipinski definition) is 5. The van der Waals surface area contributed by atoms with Gasteiger partial charge in [0, 0.05) is 37.5 Å². The summed E-state index contributed by atoms with van der Waals surface area (Å²) in [5, 5.41) is 16.8. The van der Waals surface area contributed by atoms with Gasteiger partial charge in [0.1, 0.15) is 5.82 Å². The lowest BCUT2D eigenvalue weighted by Gasteiger charge is -2.29. The third-order valence-electron chi connectivity index (χ3n) is 4.71. The van der Waals surface area contributed by atoms with Gasteiger partial charge in [-0.15, -0.1) is 5.10 Å². The molecule has 0 unspecified atom stereocenters. The predicted molar refractivity (Wildman–Crippen MR) is 96.5 cm³/mol. The Balaban J connectivity index is 1.50. The average molecular weight is 352 g/mol. The molecule has 0 radical (unpaired) electrons. The minimum atomic E-state index is -0.836. The maximum absolute atomic E-state index is 11.0. The molecule has 1 amide bonds. The molecular formula is C18H20N6O2. The van der Waals surface area contributed by atoms with E-state index in [4.69, 9.17) is 5.11 Å². The first-order chi connectivity index (χ1) is 12.7. The number of fused-ring (bicyclic) bond motifs is 1. The number of amides is 1. The van der Waals surface area contributed by atoms with Crippen molar-refractivity contribution in [2.45, 2.75) is 19.3 Å². The van der Waals surface area contributed by atoms with Gasteiger partial charge in [-0.25, -0.2) is 9.78 Å². The Kier molecular flexibility index (Phi) is 4.39. The van der Waals surface area contributed by atoms with Crippen LogP contribution in [0.4, 0.5) is 16.4 Å². The lowest BCUT2D eigenvalue weighted by Crippen LogP contribution is -2.38. The second kappa shape index (κ2) is 6.99. The fourth-order valence-electron chi connectivity index (χ4n) is 3.30. The monoisotopic (exact) mass is 352 g/mol. The largest absolute Gasteiger partial charge is 0.465 e. The minimum absolute atomic E-state index is 0.401. The predicted octanol–water partition coefficient (Wildman–Crippen LogP) is 2.80. The van der Waals surface area contributed by atoms with Gasteiger partial charge in [-0.05, 0) is 30.9 Å². The molecule has 3 aromatic rings. The fraction of sp³-hybridized carbons (Fsp3) is 0.333. The van der Waals surface area contributed by atoms with E-state index in [1.807, 2.05) is 36.4 Å². The molecule has 0 spiro atoms. The third kappa shape index (κ3) is 3.44. The van der Waals surface area contributed by atoms with Crippen molar-refractivity contribution < 1.29 is 9.90 Å². The Labute approximate surface area is 150 Å². The molecule has 1 saturated heterocycles. The van der Waals surface area contributed by atoms with Crippen molar-refractivity contribution in [1.29, 1.82) is 0 Å². The van der Waals surface area contributed by atoms with Crippen LogP contribution in [0, 0.1) is 5.92 Å². The molecule has 0 saturated carbocycles. The van der Waals surface area contributed by atoms with Crippen LogP contribution in [0.3, 0.4) is 0 Å². The van der Waals surface area contributed by atoms with Gasteiger partial charge >= 0.3 is 6.09 Å². The number of piperidine rings is 1. The van der Waals surface area contributed by atoms with Crippen LogP contribution in [0.15, 0.2) is 42.6 Å². The molecular weight excluding hydrogens is 332 g/mol. The zero-order valence-corrected chi connectivity index (χ0v) is 14.2. The highest BCUT2D eigenvalue weighted by Crippen LogP contribution is 2.22. The maximum Gasteiger partial charge on any atom is 0.407 e. The van der Waals surface area contributed by atoms with Gasteiger partial charge in [-0.1, -0.05) is 18.2 Å². The van der Waals surface area contributed by atoms with Crippen LogP contribution in [0.1, 0.15) is 18.7 Å². The van der Waals surface area contributed by atoms with E-state index in [-0.39, 0.29) is 0 Å². The summed E-state index contributed by atoms with van der Waals surface area (Å²) in [6.07, 6.45) is 3.36. The Bertz CT molecular complexity index is 902. The summed E-state index contributed by atoms with van der Waals surface area (Å²) >= 11 is 0. The molecule has 1 aliphatic heterocycles. The molecule has 1 aromatic carbocycles. The summed E-state index contributed by atoms with van der Waals surface area (Å²) in [7, 11) is 0. The van der Waals surface area contributed by atoms with Crippen molar-refractivity contribution >= 4 is 23.4 Å². The topological polar surface area (TPSA) is 95.6 Å². The molecule has 8 heteroatoms. The van der Waals surface area contributed by atoms with Crippen molar-refractivity contribution in [3.05, 3.63) is 48.4 Å². The van der Waals surface area contributed by atoms with Crippen LogP contribution in [-0.2, 0) is 6.42 Å². The first-order valence-corrected chi connectivity index (χ1v) is 8.69. The number of rotatable bonds is 4. The normalized spacial score (nSPS) is 15.3.